The van der Waals surface area contributed by atoms with Crippen molar-refractivity contribution in [2.75, 3.05) is 26.2 Å². The predicted molar refractivity (Wildman–Crippen MR) is 135 cm³/mol. The van der Waals surface area contributed by atoms with Crippen molar-refractivity contribution in [3.05, 3.63) is 66.3 Å². The molecule has 1 amide bonds. The van der Waals surface area contributed by atoms with Crippen molar-refractivity contribution in [3.8, 4) is 17.2 Å². The molecule has 13 heteroatoms. The molecule has 0 radical (unpaired) electrons. The van der Waals surface area contributed by atoms with E-state index in [0.717, 1.165) is 34.4 Å². The summed E-state index contributed by atoms with van der Waals surface area (Å²) in [5, 5.41) is 15.2. The highest BCUT2D eigenvalue weighted by Crippen LogP contribution is 2.38. The van der Waals surface area contributed by atoms with Gasteiger partial charge in [0.15, 0.2) is 11.5 Å². The summed E-state index contributed by atoms with van der Waals surface area (Å²) >= 11 is 0. The van der Waals surface area contributed by atoms with E-state index in [1.807, 2.05) is 29.2 Å². The van der Waals surface area contributed by atoms with E-state index < -0.39 is 34.7 Å². The number of halogens is 4. The van der Waals surface area contributed by atoms with Gasteiger partial charge < -0.3 is 9.88 Å². The van der Waals surface area contributed by atoms with Crippen LogP contribution in [0.15, 0.2) is 49.2 Å². The van der Waals surface area contributed by atoms with Crippen LogP contribution < -0.4 is 0 Å². The smallest absolute Gasteiger partial charge is 0.346 e. The lowest BCUT2D eigenvalue weighted by molar-refractivity contribution is -0.143. The largest absolute Gasteiger partial charge is 0.436 e. The van der Waals surface area contributed by atoms with E-state index in [1.165, 1.54) is 4.90 Å². The number of rotatable bonds is 5. The minimum Gasteiger partial charge on any atom is -0.346 e. The number of alkyl halides is 3. The third-order valence-corrected chi connectivity index (χ3v) is 7.90. The Morgan fingerprint density at radius 2 is 1.90 bits per heavy atom. The molecule has 4 aromatic heterocycles. The lowest BCUT2D eigenvalue weighted by Crippen LogP contribution is -2.66. The number of carbonyl (C=O) groups is 1. The van der Waals surface area contributed by atoms with Crippen LogP contribution in [0.4, 0.5) is 17.6 Å². The standard InChI is InChI=1S/C27H24F4N8O/c28-22-21(3-8-33-23(22)27(29,30)31)25(40)37-11-4-18(5-12-37)38-15-26(16-38,6-7-32)39-14-17(13-36-39)19-1-9-34-24-20(19)2-10-35-24/h1-3,8-10,13-14,18H,4-6,11-12,15-16H2,(H,34,35). The van der Waals surface area contributed by atoms with Crippen LogP contribution >= 0.6 is 0 Å². The number of fused-ring (bicyclic) bond motifs is 1. The number of aromatic amines is 1. The minimum absolute atomic E-state index is 0.124. The van der Waals surface area contributed by atoms with E-state index in [0.29, 0.717) is 25.9 Å². The second-order valence-electron chi connectivity index (χ2n) is 10.3. The Bertz CT molecular complexity index is 1610. The van der Waals surface area contributed by atoms with Crippen LogP contribution in [0.2, 0.25) is 0 Å². The Hall–Kier alpha value is -4.31. The first-order valence-electron chi connectivity index (χ1n) is 12.8. The summed E-state index contributed by atoms with van der Waals surface area (Å²) in [6.45, 7) is 1.78. The molecular formula is C27H24F4N8O. The van der Waals surface area contributed by atoms with E-state index in [2.05, 4.69) is 31.0 Å². The first kappa shape index (κ1) is 25.9. The number of nitriles is 1. The minimum atomic E-state index is -4.98. The lowest BCUT2D eigenvalue weighted by atomic mass is 9.83. The average molecular weight is 553 g/mol. The molecule has 0 aliphatic carbocycles. The van der Waals surface area contributed by atoms with Crippen LogP contribution in [0.25, 0.3) is 22.2 Å². The number of H-pyrrole nitrogens is 1. The van der Waals surface area contributed by atoms with Gasteiger partial charge in [-0.3, -0.25) is 14.4 Å². The fraction of sp³-hybridized carbons (Fsp3) is 0.370. The van der Waals surface area contributed by atoms with Gasteiger partial charge in [-0.05, 0) is 36.6 Å². The van der Waals surface area contributed by atoms with Crippen molar-refractivity contribution in [2.24, 2.45) is 0 Å². The third-order valence-electron chi connectivity index (χ3n) is 7.90. The molecule has 2 aliphatic rings. The van der Waals surface area contributed by atoms with Crippen LogP contribution in [0, 0.1) is 17.1 Å². The molecule has 0 atom stereocenters. The SMILES string of the molecule is N#CCC1(n2cc(-c3ccnc4[nH]ccc34)cn2)CN(C2CCN(C(=O)c3ccnc(C(F)(F)F)c3F)CC2)C1. The zero-order valence-electron chi connectivity index (χ0n) is 21.2. The number of hydrogen-bond acceptors (Lipinski definition) is 6. The molecule has 4 aromatic rings. The number of piperidine rings is 1. The number of amides is 1. The molecule has 0 unspecified atom stereocenters. The van der Waals surface area contributed by atoms with Gasteiger partial charge in [0, 0.05) is 68.0 Å². The molecule has 206 valence electrons. The first-order valence-corrected chi connectivity index (χ1v) is 12.8. The summed E-state index contributed by atoms with van der Waals surface area (Å²) in [4.78, 5) is 27.0. The summed E-state index contributed by atoms with van der Waals surface area (Å²) < 4.78 is 55.4. The lowest BCUT2D eigenvalue weighted by Gasteiger charge is -2.53. The van der Waals surface area contributed by atoms with Crippen LogP contribution in [-0.4, -0.2) is 72.7 Å². The molecule has 40 heavy (non-hydrogen) atoms. The highest BCUT2D eigenvalue weighted by Gasteiger charge is 2.48. The molecule has 2 saturated heterocycles. The van der Waals surface area contributed by atoms with E-state index in [9.17, 15) is 27.6 Å². The van der Waals surface area contributed by atoms with Gasteiger partial charge in [-0.15, -0.1) is 0 Å². The van der Waals surface area contributed by atoms with Crippen LogP contribution in [0.5, 0.6) is 0 Å². The molecule has 0 bridgehead atoms. The van der Waals surface area contributed by atoms with Crippen LogP contribution in [-0.2, 0) is 11.7 Å². The fourth-order valence-electron chi connectivity index (χ4n) is 5.80. The van der Waals surface area contributed by atoms with Crippen molar-refractivity contribution in [2.45, 2.75) is 37.0 Å². The number of carbonyl (C=O) groups excluding carboxylic acids is 1. The van der Waals surface area contributed by atoms with Crippen molar-refractivity contribution < 1.29 is 22.4 Å². The number of hydrogen-bond donors (Lipinski definition) is 1. The average Bonchev–Trinajstić information content (AvgIpc) is 3.60. The Labute approximate surface area is 226 Å². The van der Waals surface area contributed by atoms with Gasteiger partial charge in [0.25, 0.3) is 5.91 Å². The summed E-state index contributed by atoms with van der Waals surface area (Å²) in [6.07, 6.45) is 4.57. The van der Waals surface area contributed by atoms with Gasteiger partial charge in [0.05, 0.1) is 24.3 Å². The highest BCUT2D eigenvalue weighted by molar-refractivity contribution is 5.94. The Morgan fingerprint density at radius 3 is 2.62 bits per heavy atom. The van der Waals surface area contributed by atoms with Crippen molar-refractivity contribution in [3.63, 3.8) is 0 Å². The molecule has 2 aliphatic heterocycles. The van der Waals surface area contributed by atoms with Gasteiger partial charge >= 0.3 is 6.18 Å². The first-order chi connectivity index (χ1) is 19.2. The second-order valence-corrected chi connectivity index (χ2v) is 10.3. The molecular weight excluding hydrogens is 528 g/mol. The summed E-state index contributed by atoms with van der Waals surface area (Å²) in [5.74, 6) is -2.42. The van der Waals surface area contributed by atoms with Gasteiger partial charge in [0.1, 0.15) is 11.2 Å². The molecule has 9 nitrogen and oxygen atoms in total. The second kappa shape index (κ2) is 9.71. The maximum atomic E-state index is 14.5. The van der Waals surface area contributed by atoms with E-state index in [4.69, 9.17) is 0 Å². The van der Waals surface area contributed by atoms with E-state index in [-0.39, 0.29) is 25.6 Å². The maximum absolute atomic E-state index is 14.5. The van der Waals surface area contributed by atoms with Crippen molar-refractivity contribution in [1.82, 2.24) is 34.5 Å². The quantitative estimate of drug-likeness (QED) is 0.372. The Morgan fingerprint density at radius 1 is 1.15 bits per heavy atom. The molecule has 0 saturated carbocycles. The van der Waals surface area contributed by atoms with Crippen molar-refractivity contribution >= 4 is 16.9 Å². The summed E-state index contributed by atoms with van der Waals surface area (Å²) in [7, 11) is 0. The number of aromatic nitrogens is 5. The molecule has 0 spiro atoms. The Balaban J connectivity index is 1.12. The molecule has 0 aromatic carbocycles. The van der Waals surface area contributed by atoms with Gasteiger partial charge in [0.2, 0.25) is 0 Å². The molecule has 6 heterocycles. The van der Waals surface area contributed by atoms with Gasteiger partial charge in [-0.1, -0.05) is 0 Å². The highest BCUT2D eigenvalue weighted by atomic mass is 19.4. The zero-order chi connectivity index (χ0) is 28.1. The maximum Gasteiger partial charge on any atom is 0.436 e. The normalized spacial score (nSPS) is 18.0. The number of likely N-dealkylation sites (tertiary alicyclic amines) is 2. The number of nitrogens with one attached hydrogen (secondary N) is 1. The Kier molecular flexibility index (Phi) is 6.29. The van der Waals surface area contributed by atoms with Gasteiger partial charge in [-0.25, -0.2) is 14.4 Å². The topological polar surface area (TPSA) is 107 Å². The third kappa shape index (κ3) is 4.38. The van der Waals surface area contributed by atoms with Crippen LogP contribution in [0.3, 0.4) is 0 Å². The molecule has 2 fully saturated rings. The zero-order valence-corrected chi connectivity index (χ0v) is 21.2. The molecule has 6 rings (SSSR count). The summed E-state index contributed by atoms with van der Waals surface area (Å²) in [5.41, 5.74) is -0.107. The van der Waals surface area contributed by atoms with Crippen LogP contribution in [0.1, 0.15) is 35.3 Å². The monoisotopic (exact) mass is 552 g/mol. The van der Waals surface area contributed by atoms with Gasteiger partial charge in [-0.2, -0.15) is 23.5 Å². The predicted octanol–water partition coefficient (Wildman–Crippen LogP) is 4.21. The number of nitrogens with zero attached hydrogens (tertiary/aromatic N) is 7. The molecule has 1 N–H and O–H groups in total. The van der Waals surface area contributed by atoms with E-state index >= 15 is 0 Å². The van der Waals surface area contributed by atoms with Crippen molar-refractivity contribution in [1.29, 1.82) is 5.26 Å². The fourth-order valence-corrected chi connectivity index (χ4v) is 5.80. The van der Waals surface area contributed by atoms with E-state index in [1.54, 1.807) is 12.4 Å². The summed E-state index contributed by atoms with van der Waals surface area (Å²) in [6, 6.07) is 7.29. The number of pyridine rings is 2.